The van der Waals surface area contributed by atoms with E-state index in [0.717, 1.165) is 31.2 Å². The fraction of sp³-hybridized carbons (Fsp3) is 0.667. The van der Waals surface area contributed by atoms with Crippen LogP contribution in [0, 0.1) is 5.92 Å². The highest BCUT2D eigenvalue weighted by atomic mass is 16.3. The second kappa shape index (κ2) is 4.01. The SMILES string of the molecule is OCC1CCN(c2ccnc(C3CC3)n2)C1. The minimum absolute atomic E-state index is 0.289. The van der Waals surface area contributed by atoms with Crippen molar-refractivity contribution in [2.75, 3.05) is 24.6 Å². The first kappa shape index (κ1) is 10.0. The number of rotatable bonds is 3. The van der Waals surface area contributed by atoms with Gasteiger partial charge in [0.05, 0.1) is 0 Å². The molecule has 1 aliphatic heterocycles. The zero-order chi connectivity index (χ0) is 11.0. The van der Waals surface area contributed by atoms with Crippen molar-refractivity contribution in [2.24, 2.45) is 5.92 Å². The lowest BCUT2D eigenvalue weighted by molar-refractivity contribution is 0.238. The molecule has 16 heavy (non-hydrogen) atoms. The van der Waals surface area contributed by atoms with Gasteiger partial charge in [-0.15, -0.1) is 0 Å². The van der Waals surface area contributed by atoms with Gasteiger partial charge in [-0.05, 0) is 25.3 Å². The van der Waals surface area contributed by atoms with E-state index in [-0.39, 0.29) is 6.61 Å². The number of nitrogens with zero attached hydrogens (tertiary/aromatic N) is 3. The third-order valence-corrected chi connectivity index (χ3v) is 3.47. The van der Waals surface area contributed by atoms with Crippen LogP contribution in [0.4, 0.5) is 5.82 Å². The molecule has 86 valence electrons. The summed E-state index contributed by atoms with van der Waals surface area (Å²) < 4.78 is 0. The highest BCUT2D eigenvalue weighted by molar-refractivity contribution is 5.39. The summed E-state index contributed by atoms with van der Waals surface area (Å²) in [5.74, 6) is 3.06. The van der Waals surface area contributed by atoms with Gasteiger partial charge in [-0.3, -0.25) is 0 Å². The van der Waals surface area contributed by atoms with Crippen molar-refractivity contribution in [2.45, 2.75) is 25.2 Å². The quantitative estimate of drug-likeness (QED) is 0.829. The molecule has 1 aliphatic carbocycles. The third-order valence-electron chi connectivity index (χ3n) is 3.47. The Bertz CT molecular complexity index is 378. The number of aliphatic hydroxyl groups is 1. The van der Waals surface area contributed by atoms with Gasteiger partial charge in [0.25, 0.3) is 0 Å². The van der Waals surface area contributed by atoms with Crippen molar-refractivity contribution < 1.29 is 5.11 Å². The van der Waals surface area contributed by atoms with Crippen LogP contribution in [-0.2, 0) is 0 Å². The number of anilines is 1. The van der Waals surface area contributed by atoms with Crippen LogP contribution in [0.25, 0.3) is 0 Å². The molecule has 1 atom stereocenters. The molecule has 2 aliphatic rings. The molecule has 1 saturated carbocycles. The van der Waals surface area contributed by atoms with E-state index in [4.69, 9.17) is 5.11 Å². The first-order valence-corrected chi connectivity index (χ1v) is 6.05. The molecule has 1 unspecified atom stereocenters. The number of aromatic nitrogens is 2. The molecule has 0 spiro atoms. The molecular weight excluding hydrogens is 202 g/mol. The Balaban J connectivity index is 1.76. The van der Waals surface area contributed by atoms with Gasteiger partial charge in [0.1, 0.15) is 11.6 Å². The zero-order valence-corrected chi connectivity index (χ0v) is 9.34. The van der Waals surface area contributed by atoms with Crippen molar-refractivity contribution in [3.05, 3.63) is 18.1 Å². The minimum Gasteiger partial charge on any atom is -0.396 e. The maximum Gasteiger partial charge on any atom is 0.133 e. The highest BCUT2D eigenvalue weighted by Gasteiger charge is 2.28. The molecule has 1 aromatic rings. The third kappa shape index (κ3) is 1.89. The smallest absolute Gasteiger partial charge is 0.133 e. The average Bonchev–Trinajstić information content (AvgIpc) is 3.07. The van der Waals surface area contributed by atoms with Gasteiger partial charge >= 0.3 is 0 Å². The summed E-state index contributed by atoms with van der Waals surface area (Å²) in [5, 5.41) is 9.12. The molecule has 0 aromatic carbocycles. The van der Waals surface area contributed by atoms with Crippen LogP contribution in [0.15, 0.2) is 12.3 Å². The van der Waals surface area contributed by atoms with Gasteiger partial charge in [-0.1, -0.05) is 0 Å². The molecule has 3 rings (SSSR count). The van der Waals surface area contributed by atoms with Gasteiger partial charge in [0.2, 0.25) is 0 Å². The van der Waals surface area contributed by atoms with E-state index in [1.807, 2.05) is 12.3 Å². The van der Waals surface area contributed by atoms with E-state index in [9.17, 15) is 0 Å². The van der Waals surface area contributed by atoms with Gasteiger partial charge in [-0.2, -0.15) is 0 Å². The predicted octanol–water partition coefficient (Wildman–Crippen LogP) is 1.17. The molecule has 0 amide bonds. The predicted molar refractivity (Wildman–Crippen MR) is 61.4 cm³/mol. The van der Waals surface area contributed by atoms with Crippen LogP contribution < -0.4 is 4.90 Å². The van der Waals surface area contributed by atoms with Crippen LogP contribution in [0.5, 0.6) is 0 Å². The largest absolute Gasteiger partial charge is 0.396 e. The Morgan fingerprint density at radius 2 is 2.25 bits per heavy atom. The summed E-state index contributed by atoms with van der Waals surface area (Å²) in [5.41, 5.74) is 0. The summed E-state index contributed by atoms with van der Waals surface area (Å²) in [7, 11) is 0. The molecule has 2 heterocycles. The number of aliphatic hydroxyl groups excluding tert-OH is 1. The Morgan fingerprint density at radius 1 is 1.38 bits per heavy atom. The zero-order valence-electron chi connectivity index (χ0n) is 9.34. The van der Waals surface area contributed by atoms with Crippen molar-refractivity contribution >= 4 is 5.82 Å². The van der Waals surface area contributed by atoms with E-state index in [2.05, 4.69) is 14.9 Å². The van der Waals surface area contributed by atoms with Crippen LogP contribution in [0.3, 0.4) is 0 Å². The standard InChI is InChI=1S/C12H17N3O/c16-8-9-4-6-15(7-9)11-3-5-13-12(14-11)10-1-2-10/h3,5,9-10,16H,1-2,4,6-8H2. The summed E-state index contributed by atoms with van der Waals surface area (Å²) >= 11 is 0. The number of hydrogen-bond donors (Lipinski definition) is 1. The fourth-order valence-corrected chi connectivity index (χ4v) is 2.27. The monoisotopic (exact) mass is 219 g/mol. The Morgan fingerprint density at radius 3 is 2.94 bits per heavy atom. The van der Waals surface area contributed by atoms with Crippen LogP contribution >= 0.6 is 0 Å². The molecule has 2 fully saturated rings. The fourth-order valence-electron chi connectivity index (χ4n) is 2.27. The maximum absolute atomic E-state index is 9.12. The minimum atomic E-state index is 0.289. The van der Waals surface area contributed by atoms with E-state index in [1.165, 1.54) is 12.8 Å². The average molecular weight is 219 g/mol. The lowest BCUT2D eigenvalue weighted by atomic mass is 10.1. The van der Waals surface area contributed by atoms with E-state index < -0.39 is 0 Å². The van der Waals surface area contributed by atoms with Crippen LogP contribution in [-0.4, -0.2) is 34.8 Å². The van der Waals surface area contributed by atoms with Gasteiger partial charge < -0.3 is 10.0 Å². The highest BCUT2D eigenvalue weighted by Crippen LogP contribution is 2.38. The lowest BCUT2D eigenvalue weighted by Crippen LogP contribution is -2.22. The normalized spacial score (nSPS) is 25.1. The second-order valence-corrected chi connectivity index (χ2v) is 4.83. The number of hydrogen-bond acceptors (Lipinski definition) is 4. The summed E-state index contributed by atoms with van der Waals surface area (Å²) in [6, 6.07) is 1.98. The summed E-state index contributed by atoms with van der Waals surface area (Å²) in [6.07, 6.45) is 5.41. The molecule has 4 heteroatoms. The Labute approximate surface area is 95.3 Å². The maximum atomic E-state index is 9.12. The van der Waals surface area contributed by atoms with Gasteiger partial charge in [-0.25, -0.2) is 9.97 Å². The van der Waals surface area contributed by atoms with Crippen molar-refractivity contribution in [3.63, 3.8) is 0 Å². The van der Waals surface area contributed by atoms with Crippen LogP contribution in [0.2, 0.25) is 0 Å². The molecule has 1 N–H and O–H groups in total. The van der Waals surface area contributed by atoms with Crippen molar-refractivity contribution in [3.8, 4) is 0 Å². The van der Waals surface area contributed by atoms with Crippen molar-refractivity contribution in [1.29, 1.82) is 0 Å². The first-order chi connectivity index (χ1) is 7.86. The molecule has 0 radical (unpaired) electrons. The lowest BCUT2D eigenvalue weighted by Gasteiger charge is -2.17. The van der Waals surface area contributed by atoms with E-state index in [0.29, 0.717) is 11.8 Å². The van der Waals surface area contributed by atoms with Gasteiger partial charge in [0, 0.05) is 37.7 Å². The topological polar surface area (TPSA) is 49.2 Å². The molecule has 4 nitrogen and oxygen atoms in total. The second-order valence-electron chi connectivity index (χ2n) is 4.83. The molecular formula is C12H17N3O. The van der Waals surface area contributed by atoms with Crippen molar-refractivity contribution in [1.82, 2.24) is 9.97 Å². The molecule has 1 saturated heterocycles. The van der Waals surface area contributed by atoms with E-state index in [1.54, 1.807) is 0 Å². The molecule has 0 bridgehead atoms. The Kier molecular flexibility index (Phi) is 2.52. The molecule has 1 aromatic heterocycles. The first-order valence-electron chi connectivity index (χ1n) is 6.05. The Hall–Kier alpha value is -1.16. The van der Waals surface area contributed by atoms with Gasteiger partial charge in [0.15, 0.2) is 0 Å². The van der Waals surface area contributed by atoms with Crippen LogP contribution in [0.1, 0.15) is 31.0 Å². The summed E-state index contributed by atoms with van der Waals surface area (Å²) in [4.78, 5) is 11.2. The summed E-state index contributed by atoms with van der Waals surface area (Å²) in [6.45, 7) is 2.22. The van der Waals surface area contributed by atoms with E-state index >= 15 is 0 Å².